The third kappa shape index (κ3) is 6.38. The molecule has 0 saturated carbocycles. The van der Waals surface area contributed by atoms with Crippen LogP contribution in [0.2, 0.25) is 0 Å². The molecule has 1 aromatic heterocycles. The zero-order valence-electron chi connectivity index (χ0n) is 21.2. The molecule has 3 aromatic carbocycles. The van der Waals surface area contributed by atoms with Crippen LogP contribution in [0.15, 0.2) is 88.9 Å². The van der Waals surface area contributed by atoms with Gasteiger partial charge in [-0.2, -0.15) is 4.31 Å². The Balaban J connectivity index is 1.34. The molecule has 0 unspecified atom stereocenters. The number of para-hydroxylation sites is 1. The molecule has 202 valence electrons. The summed E-state index contributed by atoms with van der Waals surface area (Å²) in [5.41, 5.74) is 2.35. The van der Waals surface area contributed by atoms with Gasteiger partial charge in [0.15, 0.2) is 11.0 Å². The van der Waals surface area contributed by atoms with E-state index in [1.165, 1.54) is 28.2 Å². The Morgan fingerprint density at radius 1 is 0.949 bits per heavy atom. The van der Waals surface area contributed by atoms with Crippen LogP contribution in [0.1, 0.15) is 18.4 Å². The molecule has 1 saturated heterocycles. The van der Waals surface area contributed by atoms with Crippen molar-refractivity contribution in [2.75, 3.05) is 25.4 Å². The van der Waals surface area contributed by atoms with Gasteiger partial charge in [-0.1, -0.05) is 54.2 Å². The summed E-state index contributed by atoms with van der Waals surface area (Å²) >= 11 is 1.25. The number of hydrogen-bond donors (Lipinski definition) is 1. The van der Waals surface area contributed by atoms with E-state index in [0.29, 0.717) is 42.6 Å². The summed E-state index contributed by atoms with van der Waals surface area (Å²) in [6.45, 7) is 1.49. The first-order chi connectivity index (χ1) is 18.9. The first kappa shape index (κ1) is 27.0. The Labute approximate surface area is 231 Å². The van der Waals surface area contributed by atoms with Gasteiger partial charge in [0.2, 0.25) is 15.9 Å². The number of rotatable bonds is 10. The fourth-order valence-corrected chi connectivity index (χ4v) is 6.76. The lowest BCUT2D eigenvalue weighted by Crippen LogP contribution is -2.27. The van der Waals surface area contributed by atoms with E-state index in [0.717, 1.165) is 24.1 Å². The van der Waals surface area contributed by atoms with Crippen LogP contribution >= 0.6 is 11.8 Å². The smallest absolute Gasteiger partial charge is 0.243 e. The molecule has 39 heavy (non-hydrogen) atoms. The van der Waals surface area contributed by atoms with E-state index >= 15 is 0 Å². The van der Waals surface area contributed by atoms with Crippen LogP contribution in [0.5, 0.6) is 0 Å². The summed E-state index contributed by atoms with van der Waals surface area (Å²) in [6, 6.07) is 22.5. The maximum absolute atomic E-state index is 13.2. The minimum absolute atomic E-state index is 0.123. The van der Waals surface area contributed by atoms with E-state index in [1.807, 2.05) is 41.0 Å². The van der Waals surface area contributed by atoms with Gasteiger partial charge < -0.3 is 5.32 Å². The number of sulfonamides is 1. The van der Waals surface area contributed by atoms with Crippen molar-refractivity contribution in [3.63, 3.8) is 0 Å². The van der Waals surface area contributed by atoms with Gasteiger partial charge in [0.1, 0.15) is 5.82 Å². The van der Waals surface area contributed by atoms with E-state index in [9.17, 15) is 17.6 Å². The van der Waals surface area contributed by atoms with Gasteiger partial charge in [0.25, 0.3) is 0 Å². The number of thioether (sulfide) groups is 1. The molecule has 1 aliphatic heterocycles. The molecule has 0 atom stereocenters. The number of nitrogens with one attached hydrogen (secondary N) is 1. The minimum Gasteiger partial charge on any atom is -0.355 e. The third-order valence-corrected chi connectivity index (χ3v) is 9.25. The van der Waals surface area contributed by atoms with Crippen LogP contribution in [-0.2, 0) is 21.2 Å². The van der Waals surface area contributed by atoms with Gasteiger partial charge in [0.05, 0.1) is 10.6 Å². The van der Waals surface area contributed by atoms with E-state index < -0.39 is 10.0 Å². The Morgan fingerprint density at radius 3 is 2.44 bits per heavy atom. The van der Waals surface area contributed by atoms with Crippen molar-refractivity contribution in [1.29, 1.82) is 0 Å². The molecule has 1 N–H and O–H groups in total. The van der Waals surface area contributed by atoms with Crippen LogP contribution in [0.25, 0.3) is 17.1 Å². The third-order valence-electron chi connectivity index (χ3n) is 6.42. The van der Waals surface area contributed by atoms with Gasteiger partial charge >= 0.3 is 0 Å². The predicted molar refractivity (Wildman–Crippen MR) is 149 cm³/mol. The average molecular weight is 566 g/mol. The topological polar surface area (TPSA) is 97.2 Å². The molecule has 5 rings (SSSR count). The lowest BCUT2D eigenvalue weighted by atomic mass is 10.1. The first-order valence-corrected chi connectivity index (χ1v) is 15.1. The zero-order valence-corrected chi connectivity index (χ0v) is 22.8. The second-order valence-corrected chi connectivity index (χ2v) is 12.0. The average Bonchev–Trinajstić information content (AvgIpc) is 3.65. The minimum atomic E-state index is -3.59. The van der Waals surface area contributed by atoms with E-state index in [4.69, 9.17) is 0 Å². The van der Waals surface area contributed by atoms with Crippen LogP contribution < -0.4 is 5.32 Å². The molecule has 0 radical (unpaired) electrons. The van der Waals surface area contributed by atoms with Gasteiger partial charge in [0, 0.05) is 30.9 Å². The Morgan fingerprint density at radius 2 is 1.69 bits per heavy atom. The van der Waals surface area contributed by atoms with Crippen LogP contribution in [0, 0.1) is 5.82 Å². The highest BCUT2D eigenvalue weighted by Gasteiger charge is 2.28. The summed E-state index contributed by atoms with van der Waals surface area (Å²) < 4.78 is 42.8. The maximum atomic E-state index is 13.2. The number of carbonyl (C=O) groups excluding carboxylic acids is 1. The number of amides is 1. The molecule has 8 nitrogen and oxygen atoms in total. The SMILES string of the molecule is O=C(CSc1nnc(-c2cccc(S(=O)(=O)N3CCCC3)c2)n1-c1ccccc1)NCCc1ccc(F)cc1. The first-order valence-electron chi connectivity index (χ1n) is 12.7. The maximum Gasteiger partial charge on any atom is 0.243 e. The normalized spacial score (nSPS) is 14.0. The molecule has 1 fully saturated rings. The van der Waals surface area contributed by atoms with E-state index in [-0.39, 0.29) is 22.4 Å². The number of halogens is 1. The Bertz CT molecular complexity index is 1540. The van der Waals surface area contributed by atoms with Gasteiger partial charge in [-0.05, 0) is 61.2 Å². The molecule has 0 aliphatic carbocycles. The monoisotopic (exact) mass is 565 g/mol. The summed E-state index contributed by atoms with van der Waals surface area (Å²) in [4.78, 5) is 12.8. The molecule has 2 heterocycles. The van der Waals surface area contributed by atoms with Crippen molar-refractivity contribution in [3.8, 4) is 17.1 Å². The van der Waals surface area contributed by atoms with Crippen molar-refractivity contribution in [3.05, 3.63) is 90.2 Å². The number of aromatic nitrogens is 3. The molecular formula is C28H28FN5O3S2. The lowest BCUT2D eigenvalue weighted by Gasteiger charge is -2.16. The molecule has 1 amide bonds. The summed E-state index contributed by atoms with van der Waals surface area (Å²) in [5, 5.41) is 12.1. The fraction of sp³-hybridized carbons (Fsp3) is 0.250. The predicted octanol–water partition coefficient (Wildman–Crippen LogP) is 4.31. The molecule has 11 heteroatoms. The number of hydrogen-bond acceptors (Lipinski definition) is 6. The number of benzene rings is 3. The van der Waals surface area contributed by atoms with Gasteiger partial charge in [-0.25, -0.2) is 12.8 Å². The quantitative estimate of drug-likeness (QED) is 0.288. The molecule has 0 spiro atoms. The van der Waals surface area contributed by atoms with Crippen molar-refractivity contribution >= 4 is 27.7 Å². The standard InChI is InChI=1S/C28H28FN5O3S2/c29-23-13-11-21(12-14-23)15-16-30-26(35)20-38-28-32-31-27(34(28)24-8-2-1-3-9-24)22-7-6-10-25(19-22)39(36,37)33-17-4-5-18-33/h1-3,6-14,19H,4-5,15-18,20H2,(H,30,35). The van der Waals surface area contributed by atoms with Crippen LogP contribution in [0.4, 0.5) is 4.39 Å². The Hall–Kier alpha value is -3.54. The second-order valence-electron chi connectivity index (χ2n) is 9.13. The van der Waals surface area contributed by atoms with Crippen LogP contribution in [0.3, 0.4) is 0 Å². The van der Waals surface area contributed by atoms with Crippen molar-refractivity contribution < 1.29 is 17.6 Å². The lowest BCUT2D eigenvalue weighted by molar-refractivity contribution is -0.118. The number of nitrogens with zero attached hydrogens (tertiary/aromatic N) is 4. The van der Waals surface area contributed by atoms with Gasteiger partial charge in [-0.3, -0.25) is 9.36 Å². The largest absolute Gasteiger partial charge is 0.355 e. The molecule has 1 aliphatic rings. The molecule has 0 bridgehead atoms. The van der Waals surface area contributed by atoms with Crippen molar-refractivity contribution in [2.45, 2.75) is 29.3 Å². The highest BCUT2D eigenvalue weighted by molar-refractivity contribution is 7.99. The van der Waals surface area contributed by atoms with Gasteiger partial charge in [-0.15, -0.1) is 10.2 Å². The summed E-state index contributed by atoms with van der Waals surface area (Å²) in [6.07, 6.45) is 2.32. The molecule has 4 aromatic rings. The summed E-state index contributed by atoms with van der Waals surface area (Å²) in [5.74, 6) is 0.155. The number of carbonyl (C=O) groups is 1. The van der Waals surface area contributed by atoms with E-state index in [2.05, 4.69) is 15.5 Å². The van der Waals surface area contributed by atoms with Crippen molar-refractivity contribution in [2.24, 2.45) is 0 Å². The van der Waals surface area contributed by atoms with Crippen molar-refractivity contribution in [1.82, 2.24) is 24.4 Å². The fourth-order valence-electron chi connectivity index (χ4n) is 4.41. The second kappa shape index (κ2) is 12.1. The molecular weight excluding hydrogens is 537 g/mol. The highest BCUT2D eigenvalue weighted by atomic mass is 32.2. The van der Waals surface area contributed by atoms with Crippen LogP contribution in [-0.4, -0.2) is 58.8 Å². The highest BCUT2D eigenvalue weighted by Crippen LogP contribution is 2.30. The van der Waals surface area contributed by atoms with E-state index in [1.54, 1.807) is 30.3 Å². The zero-order chi connectivity index (χ0) is 27.2. The Kier molecular flexibility index (Phi) is 8.39. The summed E-state index contributed by atoms with van der Waals surface area (Å²) in [7, 11) is -3.59.